The summed E-state index contributed by atoms with van der Waals surface area (Å²) < 4.78 is 119. The largest absolute Gasteiger partial charge is 0.482 e. The van der Waals surface area contributed by atoms with Crippen LogP contribution in [0.25, 0.3) is 25.7 Å². The molecule has 0 saturated carbocycles. The molecule has 1 atom stereocenters. The second-order valence-electron chi connectivity index (χ2n) is 32.8. The summed E-state index contributed by atoms with van der Waals surface area (Å²) in [5.41, 5.74) is 24.9. The van der Waals surface area contributed by atoms with Gasteiger partial charge in [0.2, 0.25) is 0 Å². The zero-order valence-electron chi connectivity index (χ0n) is 86.8. The lowest BCUT2D eigenvalue weighted by Crippen LogP contribution is -2.34. The number of amides is 6. The average molecular weight is 2320 g/mol. The number of anilines is 1. The predicted molar refractivity (Wildman–Crippen MR) is 530 cm³/mol. The molecule has 1 aliphatic heterocycles. The van der Waals surface area contributed by atoms with Crippen molar-refractivity contribution >= 4 is 173 Å². The van der Waals surface area contributed by atoms with E-state index < -0.39 is 97.0 Å². The van der Waals surface area contributed by atoms with Gasteiger partial charge in [0.25, 0.3) is 29.3 Å². The van der Waals surface area contributed by atoms with E-state index in [1.165, 1.54) is 78.1 Å². The Balaban J connectivity index is 0.000000450. The number of halogens is 7. The topological polar surface area (TPSA) is 522 Å². The molecule has 10 N–H and O–H groups in total. The minimum absolute atomic E-state index is 0.0309. The number of alkyl halides is 1. The first kappa shape index (κ1) is 110. The molecule has 0 radical (unpaired) electrons. The van der Waals surface area contributed by atoms with Crippen LogP contribution in [0.3, 0.4) is 0 Å². The molecule has 0 spiro atoms. The number of nitrogen functional groups attached to an aromatic ring is 1. The highest BCUT2D eigenvalue weighted by Gasteiger charge is 2.31. The molecular weight excluding hydrogens is 2200 g/mol. The number of methoxy groups -OCH3 is 1. The number of nitrogens with one attached hydrogen (secondary N) is 2. The van der Waals surface area contributed by atoms with Crippen LogP contribution >= 0.6 is 95.6 Å². The second-order valence-corrected chi connectivity index (χ2v) is 37.3. The standard InChI is InChI=1S/C27H31FN6O5.C12H17BrN4O2.C11H17BrN4O3.C11H15BrN4O2.C8H10Br2N2O2.C8H12N2O2.C6H9BrN4O.C4H8O/c1-15(19-12-17(28)9-10-18(19)25(35)37-8)38-21-11-16(13-31-23(21)29)22-20(32-34(7)24(22)30-5)14-33(6)26(36)39-27(2,3)4;1-12(2,3)19-11(18)16(5)7-8-9(13)10(14-4)17(6)15-8;1-11(2,3)19-10(18)14-5-6-7(12)8(9(13)17)16(4)15-6;1-11(2,3)18-10(17)14-6-7-8(12)9(13-4)16(5)15-7;1-3-14-8(13)7-6(10)5(4-9)11-12(7)2;1-4-12-8(11)7-5-6(2)9-10(7)3;1-11-5(6(9)12)4(7)3(2-8)10-11;1-2-4-5-3-1/h9-13,15H,14H2,1-4,6-8H3,(H2,29,31);7H2,1-3,5-6H3;5H2,1-4H3,(H2,13,17)(H,14,18);6H2,1-3,5H3,(H,14,17);3-4H2,1-2H3;5H,4H2,1-3H3;2,8H2,1H3,(H2,9,12);1-4H2/i6D3;5D3;;;;;;. The second kappa shape index (κ2) is 55.0. The molecule has 1 unspecified atom stereocenters. The van der Waals surface area contributed by atoms with E-state index in [9.17, 15) is 47.5 Å². The molecule has 1 fully saturated rings. The first-order valence-corrected chi connectivity index (χ1v) is 46.4. The van der Waals surface area contributed by atoms with Crippen LogP contribution in [0, 0.1) is 32.5 Å². The zero-order valence-corrected chi connectivity index (χ0v) is 90.3. The number of aromatic nitrogens is 15. The van der Waals surface area contributed by atoms with Gasteiger partial charge in [-0.2, -0.15) is 29.8 Å². The van der Waals surface area contributed by atoms with Crippen LogP contribution in [0.15, 0.2) is 58.9 Å². The van der Waals surface area contributed by atoms with E-state index >= 15 is 0 Å². The quantitative estimate of drug-likeness (QED) is 0.0168. The van der Waals surface area contributed by atoms with Gasteiger partial charge in [-0.05, 0) is 207 Å². The molecule has 1 aromatic carbocycles. The van der Waals surface area contributed by atoms with Crippen LogP contribution < -0.4 is 38.3 Å². The highest BCUT2D eigenvalue weighted by molar-refractivity contribution is 9.11. The number of nitrogens with zero attached hydrogens (tertiary/aromatic N) is 20. The maximum absolute atomic E-state index is 14.1. The molecule has 6 amide bonds. The van der Waals surface area contributed by atoms with Crippen molar-refractivity contribution < 1.29 is 98.4 Å². The fourth-order valence-corrected chi connectivity index (χ4v) is 15.1. The third-order valence-electron chi connectivity index (χ3n) is 17.0. The SMILES string of the molecule is C1CCOC1.CCOC(=O)c1c(Br)c(CBr)nn1C.CCOC(=O)c1cc(C)nn1C.Cn1nc(CN)c(Br)c1C(N)=O.Cn1nc(CNC(=O)OC(C)(C)C)c(Br)c1C(N)=O.[2H]C([2H])([2H])N(Cc1nn(C)c([N+]#[C-])c1-c1cnc(N)c(OC(C)c2cc(F)ccc2C(=O)OC)c1)C(=O)OC(C)(C)C.[2H]C([2H])([2H])N(Cc1nn(C)c([N+]#[C-])c1Br)C(=O)OC(C)(C)C.[C-]#[N+]c1c(Br)c(CNC(=O)OC(C)(C)C)nn1C. The van der Waals surface area contributed by atoms with Gasteiger partial charge in [0.1, 0.15) is 68.5 Å². The van der Waals surface area contributed by atoms with E-state index in [-0.39, 0.29) is 101 Å². The Bertz CT molecular complexity index is 6120. The molecule has 1 aliphatic rings. The van der Waals surface area contributed by atoms with Gasteiger partial charge in [0.05, 0.1) is 118 Å². The van der Waals surface area contributed by atoms with Gasteiger partial charge in [-0.15, -0.1) is 15.3 Å². The lowest BCUT2D eigenvalue weighted by molar-refractivity contribution is 0.0273. The average Bonchev–Trinajstić information content (AvgIpc) is 1.61. The van der Waals surface area contributed by atoms with Crippen LogP contribution in [-0.4, -0.2) is 207 Å². The number of benzene rings is 1. The van der Waals surface area contributed by atoms with Crippen LogP contribution in [0.5, 0.6) is 5.75 Å². The van der Waals surface area contributed by atoms with E-state index in [1.54, 1.807) is 152 Å². The fraction of sp³-hybridized carbons (Fsp3) is 0.494. The molecule has 138 heavy (non-hydrogen) atoms. The summed E-state index contributed by atoms with van der Waals surface area (Å²) >= 11 is 19.5. The number of nitrogens with two attached hydrogens (primary N) is 4. The maximum atomic E-state index is 14.1. The molecule has 1 saturated heterocycles. The number of primary amides is 2. The minimum atomic E-state index is -2.89. The van der Waals surface area contributed by atoms with E-state index in [1.807, 2.05) is 6.92 Å². The summed E-state index contributed by atoms with van der Waals surface area (Å²) in [5, 5.41) is 34.5. The molecule has 754 valence electrons. The number of alkyl carbamates (subject to hydrolysis) is 2. The highest BCUT2D eigenvalue weighted by Crippen LogP contribution is 2.39. The third kappa shape index (κ3) is 37.8. The lowest BCUT2D eigenvalue weighted by atomic mass is 10.0. The third-order valence-corrected chi connectivity index (χ3v) is 21.6. The number of rotatable bonds is 21. The smallest absolute Gasteiger partial charge is 0.410 e. The van der Waals surface area contributed by atoms with Gasteiger partial charge in [-0.3, -0.25) is 28.3 Å². The Kier molecular flexibility index (Phi) is 43.7. The summed E-state index contributed by atoms with van der Waals surface area (Å²) in [6.07, 6.45) is -0.115. The van der Waals surface area contributed by atoms with Crippen LogP contribution in [-0.2, 0) is 125 Å². The molecule has 0 aliphatic carbocycles. The van der Waals surface area contributed by atoms with Crippen molar-refractivity contribution in [3.63, 3.8) is 0 Å². The predicted octanol–water partition coefficient (Wildman–Crippen LogP) is 15.9. The number of hydrogen-bond donors (Lipinski definition) is 6. The van der Waals surface area contributed by atoms with Gasteiger partial charge >= 0.3 is 42.3 Å². The first-order chi connectivity index (χ1) is 66.5. The molecule has 8 aromatic heterocycles. The van der Waals surface area contributed by atoms with Crippen molar-refractivity contribution in [2.75, 3.05) is 53.2 Å². The normalized spacial score (nSPS) is 12.3. The Morgan fingerprint density at radius 1 is 0.558 bits per heavy atom. The molecule has 10 rings (SSSR count). The van der Waals surface area contributed by atoms with E-state index in [2.05, 4.69) is 161 Å². The van der Waals surface area contributed by atoms with Crippen LogP contribution in [0.1, 0.15) is 229 Å². The van der Waals surface area contributed by atoms with E-state index in [0.29, 0.717) is 90.7 Å². The van der Waals surface area contributed by atoms with Gasteiger partial charge in [0, 0.05) is 92.8 Å². The van der Waals surface area contributed by atoms with Crippen molar-refractivity contribution in [1.29, 1.82) is 0 Å². The number of carbonyl (C=O) groups is 9. The van der Waals surface area contributed by atoms with Gasteiger partial charge in [0.15, 0.2) is 17.3 Å². The van der Waals surface area contributed by atoms with Crippen molar-refractivity contribution in [2.24, 2.45) is 66.5 Å². The van der Waals surface area contributed by atoms with Crippen LogP contribution in [0.2, 0.25) is 0 Å². The molecule has 44 nitrogen and oxygen atoms in total. The lowest BCUT2D eigenvalue weighted by Gasteiger charge is -2.24. The van der Waals surface area contributed by atoms with Crippen molar-refractivity contribution in [1.82, 2.24) is 93.9 Å². The number of esters is 3. The van der Waals surface area contributed by atoms with E-state index in [0.717, 1.165) is 36.7 Å². The van der Waals surface area contributed by atoms with Gasteiger partial charge < -0.3 is 101 Å². The summed E-state index contributed by atoms with van der Waals surface area (Å²) in [4.78, 5) is 120. The summed E-state index contributed by atoms with van der Waals surface area (Å²) in [7, 11) is 12.6. The fourth-order valence-electron chi connectivity index (χ4n) is 11.2. The maximum Gasteiger partial charge on any atom is 0.410 e. The Hall–Kier alpha value is -11.9. The van der Waals surface area contributed by atoms with Crippen molar-refractivity contribution in [3.8, 4) is 16.9 Å². The van der Waals surface area contributed by atoms with Crippen molar-refractivity contribution in [3.05, 3.63) is 173 Å². The monoisotopic (exact) mass is 2310 g/mol. The Labute approximate surface area is 859 Å². The Morgan fingerprint density at radius 2 is 0.971 bits per heavy atom. The number of ether oxygens (including phenoxy) is 9. The molecule has 0 bridgehead atoms. The van der Waals surface area contributed by atoms with Crippen LogP contribution in [0.4, 0.5) is 46.8 Å². The number of carbonyl (C=O) groups excluding carboxylic acids is 9. The van der Waals surface area contributed by atoms with Gasteiger partial charge in [-0.25, -0.2) is 47.6 Å². The van der Waals surface area contributed by atoms with Crippen molar-refractivity contribution in [2.45, 2.75) is 190 Å². The molecule has 51 heteroatoms. The minimum Gasteiger partial charge on any atom is -0.482 e. The summed E-state index contributed by atoms with van der Waals surface area (Å²) in [6, 6.07) is 6.70. The molecule has 9 heterocycles. The number of aryl methyl sites for hydroxylation is 8. The number of hydrogen-bond acceptors (Lipinski definition) is 28. The highest BCUT2D eigenvalue weighted by atomic mass is 79.9. The molecular formula is C87H119Br6FN26O18. The summed E-state index contributed by atoms with van der Waals surface area (Å²) in [5.74, 6) is -2.43. The molecule has 9 aromatic rings. The number of pyridine rings is 1. The zero-order chi connectivity index (χ0) is 110. The first-order valence-electron chi connectivity index (χ1n) is 44.3. The van der Waals surface area contributed by atoms with Gasteiger partial charge in [-0.1, -0.05) is 67.5 Å². The van der Waals surface area contributed by atoms with E-state index in [4.69, 9.17) is 93.5 Å². The summed E-state index contributed by atoms with van der Waals surface area (Å²) in [6.45, 7) is 46.2. The Morgan fingerprint density at radius 3 is 1.36 bits per heavy atom.